The summed E-state index contributed by atoms with van der Waals surface area (Å²) in [7, 11) is 0. The summed E-state index contributed by atoms with van der Waals surface area (Å²) in [6, 6.07) is 13.1. The van der Waals surface area contributed by atoms with Crippen molar-refractivity contribution in [1.29, 1.82) is 0 Å². The van der Waals surface area contributed by atoms with Crippen LogP contribution in [-0.2, 0) is 0 Å². The predicted molar refractivity (Wildman–Crippen MR) is 87.0 cm³/mol. The number of carbonyl (C=O) groups excluding carboxylic acids is 1. The lowest BCUT2D eigenvalue weighted by Gasteiger charge is -2.16. The van der Waals surface area contributed by atoms with Crippen LogP contribution in [0.1, 0.15) is 34.9 Å². The van der Waals surface area contributed by atoms with Crippen LogP contribution in [-0.4, -0.2) is 17.1 Å². The van der Waals surface area contributed by atoms with Gasteiger partial charge in [-0.15, -0.1) is 11.3 Å². The van der Waals surface area contributed by atoms with Crippen molar-refractivity contribution < 1.29 is 14.3 Å². The van der Waals surface area contributed by atoms with Crippen LogP contribution in [0.25, 0.3) is 10.1 Å². The fourth-order valence-electron chi connectivity index (χ4n) is 2.38. The number of carbonyl (C=O) groups is 1. The molecular weight excluding hydrogens is 298 g/mol. The van der Waals surface area contributed by atoms with Gasteiger partial charge in [-0.2, -0.15) is 0 Å². The standard InChI is InChI=1S/C17H17NO3S/c1-11(9-13(19)14-6-4-8-21-14)18-17(20)16-10-12-5-2-3-7-15(12)22-16/h2-8,10-11,13,19H,9H2,1H3,(H,18,20). The third-order valence-electron chi connectivity index (χ3n) is 3.48. The van der Waals surface area contributed by atoms with E-state index < -0.39 is 6.10 Å². The van der Waals surface area contributed by atoms with Gasteiger partial charge < -0.3 is 14.8 Å². The molecule has 5 heteroatoms. The number of furan rings is 1. The number of benzene rings is 1. The normalized spacial score (nSPS) is 13.9. The van der Waals surface area contributed by atoms with Gasteiger partial charge in [0.05, 0.1) is 11.1 Å². The third kappa shape index (κ3) is 3.21. The molecule has 0 fully saturated rings. The molecule has 114 valence electrons. The molecule has 0 bridgehead atoms. The zero-order valence-electron chi connectivity index (χ0n) is 12.2. The molecule has 0 aliphatic heterocycles. The molecule has 3 rings (SSSR count). The van der Waals surface area contributed by atoms with Gasteiger partial charge in [0.2, 0.25) is 0 Å². The van der Waals surface area contributed by atoms with Gasteiger partial charge in [0.25, 0.3) is 5.91 Å². The molecule has 2 unspecified atom stereocenters. The Morgan fingerprint density at radius 3 is 2.86 bits per heavy atom. The molecule has 0 saturated carbocycles. The van der Waals surface area contributed by atoms with E-state index in [-0.39, 0.29) is 11.9 Å². The van der Waals surface area contributed by atoms with Crippen molar-refractivity contribution in [3.63, 3.8) is 0 Å². The first kappa shape index (κ1) is 14.8. The van der Waals surface area contributed by atoms with Crippen LogP contribution in [0, 0.1) is 0 Å². The Labute approximate surface area is 132 Å². The maximum atomic E-state index is 12.3. The molecule has 2 heterocycles. The Morgan fingerprint density at radius 2 is 2.14 bits per heavy atom. The van der Waals surface area contributed by atoms with Crippen LogP contribution in [0.15, 0.2) is 53.1 Å². The topological polar surface area (TPSA) is 62.5 Å². The fraction of sp³-hybridized carbons (Fsp3) is 0.235. The maximum Gasteiger partial charge on any atom is 0.261 e. The lowest BCUT2D eigenvalue weighted by atomic mass is 10.1. The number of thiophene rings is 1. The Hall–Kier alpha value is -2.11. The number of hydrogen-bond donors (Lipinski definition) is 2. The summed E-state index contributed by atoms with van der Waals surface area (Å²) in [6.07, 6.45) is 1.22. The average molecular weight is 315 g/mol. The Bertz CT molecular complexity index is 730. The first-order valence-corrected chi connectivity index (χ1v) is 7.96. The van der Waals surface area contributed by atoms with E-state index in [2.05, 4.69) is 5.32 Å². The SMILES string of the molecule is CC(CC(O)c1ccco1)NC(=O)c1cc2ccccc2s1. The Balaban J connectivity index is 1.63. The predicted octanol–water partition coefficient (Wildman–Crippen LogP) is 3.74. The summed E-state index contributed by atoms with van der Waals surface area (Å²) in [5.41, 5.74) is 0. The van der Waals surface area contributed by atoms with Gasteiger partial charge in [0.1, 0.15) is 11.9 Å². The van der Waals surface area contributed by atoms with Crippen molar-refractivity contribution >= 4 is 27.3 Å². The van der Waals surface area contributed by atoms with Gasteiger partial charge in [-0.3, -0.25) is 4.79 Å². The summed E-state index contributed by atoms with van der Waals surface area (Å²) in [4.78, 5) is 13.0. The minimum absolute atomic E-state index is 0.111. The van der Waals surface area contributed by atoms with E-state index in [1.54, 1.807) is 12.1 Å². The lowest BCUT2D eigenvalue weighted by Crippen LogP contribution is -2.33. The van der Waals surface area contributed by atoms with E-state index in [0.717, 1.165) is 10.1 Å². The number of aliphatic hydroxyl groups is 1. The van der Waals surface area contributed by atoms with Gasteiger partial charge in [-0.05, 0) is 36.6 Å². The minimum Gasteiger partial charge on any atom is -0.467 e. The highest BCUT2D eigenvalue weighted by Gasteiger charge is 2.18. The van der Waals surface area contributed by atoms with Crippen molar-refractivity contribution in [1.82, 2.24) is 5.32 Å². The first-order chi connectivity index (χ1) is 10.6. The largest absolute Gasteiger partial charge is 0.467 e. The monoisotopic (exact) mass is 315 g/mol. The molecule has 0 radical (unpaired) electrons. The van der Waals surface area contributed by atoms with Crippen LogP contribution >= 0.6 is 11.3 Å². The molecule has 2 aromatic heterocycles. The number of aliphatic hydroxyl groups excluding tert-OH is 1. The summed E-state index contributed by atoms with van der Waals surface area (Å²) in [5.74, 6) is 0.406. The molecule has 1 amide bonds. The number of fused-ring (bicyclic) bond motifs is 1. The minimum atomic E-state index is -0.715. The highest BCUT2D eigenvalue weighted by Crippen LogP contribution is 2.25. The highest BCUT2D eigenvalue weighted by atomic mass is 32.1. The van der Waals surface area contributed by atoms with E-state index in [0.29, 0.717) is 17.1 Å². The van der Waals surface area contributed by atoms with E-state index in [4.69, 9.17) is 4.42 Å². The number of amides is 1. The Kier molecular flexibility index (Phi) is 4.27. The number of rotatable bonds is 5. The molecule has 0 spiro atoms. The maximum absolute atomic E-state index is 12.3. The van der Waals surface area contributed by atoms with E-state index in [9.17, 15) is 9.90 Å². The van der Waals surface area contributed by atoms with Crippen molar-refractivity contribution in [2.24, 2.45) is 0 Å². The number of hydrogen-bond acceptors (Lipinski definition) is 4. The molecule has 2 atom stereocenters. The summed E-state index contributed by atoms with van der Waals surface area (Å²) >= 11 is 1.47. The second-order valence-corrected chi connectivity index (χ2v) is 6.37. The molecule has 2 N–H and O–H groups in total. The highest BCUT2D eigenvalue weighted by molar-refractivity contribution is 7.20. The lowest BCUT2D eigenvalue weighted by molar-refractivity contribution is 0.0907. The molecule has 0 saturated heterocycles. The summed E-state index contributed by atoms with van der Waals surface area (Å²) in [6.45, 7) is 1.87. The second kappa shape index (κ2) is 6.34. The smallest absolute Gasteiger partial charge is 0.261 e. The summed E-state index contributed by atoms with van der Waals surface area (Å²) in [5, 5.41) is 14.0. The van der Waals surface area contributed by atoms with Crippen LogP contribution in [0.5, 0.6) is 0 Å². The summed E-state index contributed by atoms with van der Waals surface area (Å²) < 4.78 is 6.26. The molecule has 22 heavy (non-hydrogen) atoms. The quantitative estimate of drug-likeness (QED) is 0.754. The molecule has 4 nitrogen and oxygen atoms in total. The van der Waals surface area contributed by atoms with Gasteiger partial charge in [-0.25, -0.2) is 0 Å². The van der Waals surface area contributed by atoms with Crippen LogP contribution in [0.4, 0.5) is 0 Å². The molecule has 0 aliphatic carbocycles. The second-order valence-electron chi connectivity index (χ2n) is 5.29. The molecule has 3 aromatic rings. The molecular formula is C17H17NO3S. The molecule has 0 aliphatic rings. The van der Waals surface area contributed by atoms with Crippen LogP contribution in [0.3, 0.4) is 0 Å². The molecule has 1 aromatic carbocycles. The van der Waals surface area contributed by atoms with Crippen LogP contribution in [0.2, 0.25) is 0 Å². The van der Waals surface area contributed by atoms with Crippen molar-refractivity contribution in [2.45, 2.75) is 25.5 Å². The van der Waals surface area contributed by atoms with Crippen molar-refractivity contribution in [2.75, 3.05) is 0 Å². The van der Waals surface area contributed by atoms with Gasteiger partial charge in [-0.1, -0.05) is 18.2 Å². The van der Waals surface area contributed by atoms with Crippen molar-refractivity contribution in [3.8, 4) is 0 Å². The van der Waals surface area contributed by atoms with Crippen molar-refractivity contribution in [3.05, 3.63) is 59.4 Å². The first-order valence-electron chi connectivity index (χ1n) is 7.14. The zero-order chi connectivity index (χ0) is 15.5. The van der Waals surface area contributed by atoms with Gasteiger partial charge in [0.15, 0.2) is 0 Å². The van der Waals surface area contributed by atoms with E-state index in [1.807, 2.05) is 37.3 Å². The third-order valence-corrected chi connectivity index (χ3v) is 4.59. The van der Waals surface area contributed by atoms with E-state index in [1.165, 1.54) is 17.6 Å². The van der Waals surface area contributed by atoms with E-state index >= 15 is 0 Å². The zero-order valence-corrected chi connectivity index (χ0v) is 13.0. The number of nitrogens with one attached hydrogen (secondary N) is 1. The van der Waals surface area contributed by atoms with Crippen LogP contribution < -0.4 is 5.32 Å². The fourth-order valence-corrected chi connectivity index (χ4v) is 3.35. The average Bonchev–Trinajstić information content (AvgIpc) is 3.16. The Morgan fingerprint density at radius 1 is 1.32 bits per heavy atom. The van der Waals surface area contributed by atoms with Gasteiger partial charge in [0, 0.05) is 17.2 Å². The van der Waals surface area contributed by atoms with Gasteiger partial charge >= 0.3 is 0 Å².